The number of ether oxygens (including phenoxy) is 1. The lowest BCUT2D eigenvalue weighted by molar-refractivity contribution is 0.414. The summed E-state index contributed by atoms with van der Waals surface area (Å²) in [5, 5.41) is 8.11. The summed E-state index contributed by atoms with van der Waals surface area (Å²) in [6.45, 7) is 0. The molecule has 1 aromatic heterocycles. The Balaban J connectivity index is 1.74. The number of aromatic amines is 1. The second kappa shape index (κ2) is 7.18. The second-order valence-electron chi connectivity index (χ2n) is 6.10. The van der Waals surface area contributed by atoms with Crippen molar-refractivity contribution < 1.29 is 13.2 Å². The summed E-state index contributed by atoms with van der Waals surface area (Å²) in [5.74, 6) is 0.783. The van der Waals surface area contributed by atoms with Gasteiger partial charge in [0.25, 0.3) is 10.0 Å². The van der Waals surface area contributed by atoms with Crippen LogP contribution < -0.4 is 9.46 Å². The molecule has 0 spiro atoms. The molecule has 0 saturated heterocycles. The Morgan fingerprint density at radius 2 is 1.75 bits per heavy atom. The fourth-order valence-electron chi connectivity index (χ4n) is 2.90. The van der Waals surface area contributed by atoms with Crippen LogP contribution in [0.25, 0.3) is 22.0 Å². The maximum Gasteiger partial charge on any atom is 0.263 e. The minimum absolute atomic E-state index is 0.113. The largest absolute Gasteiger partial charge is 0.497 e. The normalized spacial score (nSPS) is 11.5. The quantitative estimate of drug-likeness (QED) is 0.497. The molecule has 3 aromatic carbocycles. The second-order valence-corrected chi connectivity index (χ2v) is 8.19. The number of nitrogens with one attached hydrogen (secondary N) is 2. The van der Waals surface area contributed by atoms with Crippen LogP contribution in [-0.4, -0.2) is 25.7 Å². The maximum absolute atomic E-state index is 12.7. The van der Waals surface area contributed by atoms with Crippen molar-refractivity contribution in [1.29, 1.82) is 0 Å². The van der Waals surface area contributed by atoms with Gasteiger partial charge in [-0.3, -0.25) is 9.82 Å². The standard InChI is InChI=1S/C20H16ClN3O3S/c1-27-14-7-9-15(10-8-14)28(25,26)24-20-17-11-16(13-5-3-2-4-6-13)18(21)12-19(17)22-23-20/h2-12H,1H3,(H2,22,23,24). The highest BCUT2D eigenvalue weighted by Crippen LogP contribution is 2.34. The van der Waals surface area contributed by atoms with Gasteiger partial charge in [-0.25, -0.2) is 8.42 Å². The maximum atomic E-state index is 12.7. The number of fused-ring (bicyclic) bond motifs is 1. The summed E-state index contributed by atoms with van der Waals surface area (Å²) in [6.07, 6.45) is 0. The SMILES string of the molecule is COc1ccc(S(=O)(=O)Nc2n[nH]c3cc(Cl)c(-c4ccccc4)cc23)cc1. The highest BCUT2D eigenvalue weighted by atomic mass is 35.5. The lowest BCUT2D eigenvalue weighted by Crippen LogP contribution is -2.13. The number of H-pyrrole nitrogens is 1. The number of methoxy groups -OCH3 is 1. The van der Waals surface area contributed by atoms with E-state index in [0.717, 1.165) is 11.1 Å². The van der Waals surface area contributed by atoms with Gasteiger partial charge in [0.05, 0.1) is 22.5 Å². The molecule has 0 fully saturated rings. The molecule has 2 N–H and O–H groups in total. The molecule has 0 aliphatic carbocycles. The molecule has 0 aliphatic heterocycles. The number of hydrogen-bond acceptors (Lipinski definition) is 4. The van der Waals surface area contributed by atoms with Gasteiger partial charge in [0, 0.05) is 10.9 Å². The van der Waals surface area contributed by atoms with Crippen molar-refractivity contribution in [2.24, 2.45) is 0 Å². The molecule has 142 valence electrons. The van der Waals surface area contributed by atoms with Gasteiger partial charge in [-0.15, -0.1) is 0 Å². The first-order chi connectivity index (χ1) is 13.5. The van der Waals surface area contributed by atoms with E-state index in [2.05, 4.69) is 14.9 Å². The molecule has 0 unspecified atom stereocenters. The summed E-state index contributed by atoms with van der Waals surface area (Å²) in [4.78, 5) is 0.113. The Labute approximate surface area is 167 Å². The molecule has 0 saturated carbocycles. The van der Waals surface area contributed by atoms with E-state index >= 15 is 0 Å². The number of rotatable bonds is 5. The lowest BCUT2D eigenvalue weighted by Gasteiger charge is -2.08. The fourth-order valence-corrected chi connectivity index (χ4v) is 4.19. The van der Waals surface area contributed by atoms with E-state index in [1.807, 2.05) is 36.4 Å². The minimum atomic E-state index is -3.81. The van der Waals surface area contributed by atoms with Crippen LogP contribution in [0, 0.1) is 0 Å². The lowest BCUT2D eigenvalue weighted by atomic mass is 10.0. The highest BCUT2D eigenvalue weighted by Gasteiger charge is 2.19. The van der Waals surface area contributed by atoms with Crippen molar-refractivity contribution in [3.8, 4) is 16.9 Å². The van der Waals surface area contributed by atoms with Crippen molar-refractivity contribution in [2.75, 3.05) is 11.8 Å². The Hall–Kier alpha value is -3.03. The summed E-state index contributed by atoms with van der Waals surface area (Å²) in [5.41, 5.74) is 2.36. The third kappa shape index (κ3) is 3.42. The molecular formula is C20H16ClN3O3S. The van der Waals surface area contributed by atoms with E-state index in [1.165, 1.54) is 19.2 Å². The van der Waals surface area contributed by atoms with Crippen molar-refractivity contribution in [1.82, 2.24) is 10.2 Å². The summed E-state index contributed by atoms with van der Waals surface area (Å²) >= 11 is 6.41. The topological polar surface area (TPSA) is 84.1 Å². The number of nitrogens with zero attached hydrogens (tertiary/aromatic N) is 1. The Morgan fingerprint density at radius 1 is 1.04 bits per heavy atom. The monoisotopic (exact) mass is 413 g/mol. The molecule has 0 aliphatic rings. The predicted octanol–water partition coefficient (Wildman–Crippen LogP) is 4.69. The highest BCUT2D eigenvalue weighted by molar-refractivity contribution is 7.92. The Kier molecular flexibility index (Phi) is 4.70. The molecule has 28 heavy (non-hydrogen) atoms. The van der Waals surface area contributed by atoms with E-state index in [0.29, 0.717) is 21.7 Å². The van der Waals surface area contributed by atoms with Crippen LogP contribution in [0.15, 0.2) is 71.6 Å². The smallest absolute Gasteiger partial charge is 0.263 e. The zero-order valence-corrected chi connectivity index (χ0v) is 16.4. The summed E-state index contributed by atoms with van der Waals surface area (Å²) < 4.78 is 33.1. The van der Waals surface area contributed by atoms with E-state index in [-0.39, 0.29) is 10.7 Å². The predicted molar refractivity (Wildman–Crippen MR) is 110 cm³/mol. The van der Waals surface area contributed by atoms with Crippen LogP contribution >= 0.6 is 11.6 Å². The molecule has 0 radical (unpaired) electrons. The molecular weight excluding hydrogens is 398 g/mol. The van der Waals surface area contributed by atoms with Gasteiger partial charge < -0.3 is 4.74 Å². The molecule has 0 atom stereocenters. The van der Waals surface area contributed by atoms with Crippen molar-refractivity contribution in [3.05, 3.63) is 71.8 Å². The van der Waals surface area contributed by atoms with Crippen molar-refractivity contribution >= 4 is 38.3 Å². The van der Waals surface area contributed by atoms with Crippen LogP contribution in [0.5, 0.6) is 5.75 Å². The molecule has 8 heteroatoms. The van der Waals surface area contributed by atoms with Gasteiger partial charge in [0.15, 0.2) is 5.82 Å². The Bertz CT molecular complexity index is 1240. The number of sulfonamides is 1. The fraction of sp³-hybridized carbons (Fsp3) is 0.0500. The van der Waals surface area contributed by atoms with Crippen LogP contribution in [0.1, 0.15) is 0 Å². The van der Waals surface area contributed by atoms with Gasteiger partial charge in [-0.2, -0.15) is 5.10 Å². The first-order valence-electron chi connectivity index (χ1n) is 8.38. The first-order valence-corrected chi connectivity index (χ1v) is 10.2. The van der Waals surface area contributed by atoms with E-state index in [9.17, 15) is 8.42 Å². The van der Waals surface area contributed by atoms with Crippen molar-refractivity contribution in [2.45, 2.75) is 4.90 Å². The molecule has 4 rings (SSSR count). The number of anilines is 1. The zero-order chi connectivity index (χ0) is 19.7. The molecule has 6 nitrogen and oxygen atoms in total. The van der Waals surface area contributed by atoms with Crippen LogP contribution in [0.3, 0.4) is 0 Å². The molecule has 4 aromatic rings. The van der Waals surface area contributed by atoms with Gasteiger partial charge in [-0.1, -0.05) is 41.9 Å². The van der Waals surface area contributed by atoms with Crippen LogP contribution in [-0.2, 0) is 10.0 Å². The number of aromatic nitrogens is 2. The van der Waals surface area contributed by atoms with Crippen LogP contribution in [0.4, 0.5) is 5.82 Å². The first kappa shape index (κ1) is 18.3. The average Bonchev–Trinajstić information content (AvgIpc) is 3.09. The zero-order valence-electron chi connectivity index (χ0n) is 14.8. The van der Waals surface area contributed by atoms with E-state index in [1.54, 1.807) is 18.2 Å². The third-order valence-electron chi connectivity index (χ3n) is 4.34. The average molecular weight is 414 g/mol. The molecule has 0 bridgehead atoms. The van der Waals surface area contributed by atoms with Gasteiger partial charge in [0.2, 0.25) is 0 Å². The van der Waals surface area contributed by atoms with E-state index < -0.39 is 10.0 Å². The van der Waals surface area contributed by atoms with Gasteiger partial charge in [-0.05, 0) is 42.0 Å². The third-order valence-corrected chi connectivity index (χ3v) is 6.00. The van der Waals surface area contributed by atoms with Gasteiger partial charge in [0.1, 0.15) is 5.75 Å². The minimum Gasteiger partial charge on any atom is -0.497 e. The number of hydrogen-bond donors (Lipinski definition) is 2. The molecule has 1 heterocycles. The van der Waals surface area contributed by atoms with Crippen LogP contribution in [0.2, 0.25) is 5.02 Å². The summed E-state index contributed by atoms with van der Waals surface area (Å²) in [6, 6.07) is 19.3. The van der Waals surface area contributed by atoms with Gasteiger partial charge >= 0.3 is 0 Å². The number of halogens is 1. The molecule has 0 amide bonds. The van der Waals surface area contributed by atoms with Crippen molar-refractivity contribution in [3.63, 3.8) is 0 Å². The van der Waals surface area contributed by atoms with E-state index in [4.69, 9.17) is 16.3 Å². The number of benzene rings is 3. The Morgan fingerprint density at radius 3 is 2.43 bits per heavy atom. The summed E-state index contributed by atoms with van der Waals surface area (Å²) in [7, 11) is -2.29.